The molecular weight excluding hydrogens is 268 g/mol. The van der Waals surface area contributed by atoms with Crippen LogP contribution in [0.2, 0.25) is 0 Å². The lowest BCUT2D eigenvalue weighted by Gasteiger charge is -2.23. The highest BCUT2D eigenvalue weighted by Crippen LogP contribution is 2.30. The number of benzene rings is 2. The van der Waals surface area contributed by atoms with E-state index in [1.54, 1.807) is 0 Å². The third kappa shape index (κ3) is 2.79. The molecule has 0 aliphatic heterocycles. The Kier molecular flexibility index (Phi) is 4.32. The van der Waals surface area contributed by atoms with Crippen molar-refractivity contribution in [3.63, 3.8) is 0 Å². The van der Waals surface area contributed by atoms with Gasteiger partial charge in [-0.15, -0.1) is 11.6 Å². The summed E-state index contributed by atoms with van der Waals surface area (Å²) in [4.78, 5) is 2.05. The van der Waals surface area contributed by atoms with Crippen LogP contribution in [0.4, 0.5) is 11.4 Å². The molecule has 20 heavy (non-hydrogen) atoms. The van der Waals surface area contributed by atoms with E-state index in [1.165, 1.54) is 11.1 Å². The first-order chi connectivity index (χ1) is 9.56. The molecule has 0 aromatic heterocycles. The molecule has 2 aromatic rings. The molecule has 0 fully saturated rings. The van der Waals surface area contributed by atoms with Crippen LogP contribution in [0.15, 0.2) is 36.4 Å². The first-order valence-corrected chi connectivity index (χ1v) is 7.00. The first-order valence-electron chi connectivity index (χ1n) is 6.46. The van der Waals surface area contributed by atoms with E-state index in [2.05, 4.69) is 38.1 Å². The minimum atomic E-state index is 0.419. The van der Waals surface area contributed by atoms with E-state index in [9.17, 15) is 5.26 Å². The van der Waals surface area contributed by atoms with Gasteiger partial charge in [0, 0.05) is 18.6 Å². The topological polar surface area (TPSA) is 27.0 Å². The molecule has 2 rings (SSSR count). The maximum atomic E-state index is 9.33. The standard InChI is InChI=1S/C17H17ClN2/c1-12-4-6-16(13(2)8-12)20(3)17-7-5-14(10-18)9-15(17)11-19/h4-9H,10H2,1-3H3. The summed E-state index contributed by atoms with van der Waals surface area (Å²) in [6, 6.07) is 14.3. The summed E-state index contributed by atoms with van der Waals surface area (Å²) in [5.74, 6) is 0.419. The molecule has 0 saturated heterocycles. The van der Waals surface area contributed by atoms with Crippen molar-refractivity contribution in [3.8, 4) is 6.07 Å². The van der Waals surface area contributed by atoms with Crippen LogP contribution in [0.5, 0.6) is 0 Å². The van der Waals surface area contributed by atoms with Crippen LogP contribution < -0.4 is 4.90 Å². The second-order valence-electron chi connectivity index (χ2n) is 4.95. The molecule has 0 aliphatic rings. The highest BCUT2D eigenvalue weighted by molar-refractivity contribution is 6.17. The predicted molar refractivity (Wildman–Crippen MR) is 84.7 cm³/mol. The van der Waals surface area contributed by atoms with Gasteiger partial charge >= 0.3 is 0 Å². The summed E-state index contributed by atoms with van der Waals surface area (Å²) >= 11 is 5.82. The Morgan fingerprint density at radius 2 is 1.80 bits per heavy atom. The molecule has 0 aliphatic carbocycles. The number of nitriles is 1. The van der Waals surface area contributed by atoms with Crippen LogP contribution in [0.1, 0.15) is 22.3 Å². The monoisotopic (exact) mass is 284 g/mol. The second kappa shape index (κ2) is 5.98. The van der Waals surface area contributed by atoms with Gasteiger partial charge in [-0.1, -0.05) is 23.8 Å². The largest absolute Gasteiger partial charge is 0.343 e. The van der Waals surface area contributed by atoms with Gasteiger partial charge in [0.25, 0.3) is 0 Å². The Bertz CT molecular complexity index is 671. The van der Waals surface area contributed by atoms with Crippen molar-refractivity contribution in [3.05, 3.63) is 58.7 Å². The van der Waals surface area contributed by atoms with Crippen LogP contribution in [0, 0.1) is 25.2 Å². The Morgan fingerprint density at radius 3 is 2.40 bits per heavy atom. The van der Waals surface area contributed by atoms with Crippen molar-refractivity contribution < 1.29 is 0 Å². The normalized spacial score (nSPS) is 10.2. The third-order valence-corrected chi connectivity index (χ3v) is 3.72. The van der Waals surface area contributed by atoms with Gasteiger partial charge in [0.05, 0.1) is 11.3 Å². The van der Waals surface area contributed by atoms with Gasteiger partial charge in [-0.2, -0.15) is 5.26 Å². The maximum absolute atomic E-state index is 9.33. The Morgan fingerprint density at radius 1 is 1.10 bits per heavy atom. The Labute approximate surface area is 125 Å². The summed E-state index contributed by atoms with van der Waals surface area (Å²) in [6.45, 7) is 4.16. The summed E-state index contributed by atoms with van der Waals surface area (Å²) in [6.07, 6.45) is 0. The number of anilines is 2. The summed E-state index contributed by atoms with van der Waals surface area (Å²) in [5.41, 5.74) is 6.03. The fourth-order valence-corrected chi connectivity index (χ4v) is 2.53. The van der Waals surface area contributed by atoms with E-state index in [4.69, 9.17) is 11.6 Å². The summed E-state index contributed by atoms with van der Waals surface area (Å²) in [5, 5.41) is 9.33. The smallest absolute Gasteiger partial charge is 0.101 e. The molecule has 0 bridgehead atoms. The highest BCUT2D eigenvalue weighted by atomic mass is 35.5. The van der Waals surface area contributed by atoms with Gasteiger partial charge in [0.2, 0.25) is 0 Å². The van der Waals surface area contributed by atoms with Gasteiger partial charge in [0.1, 0.15) is 6.07 Å². The van der Waals surface area contributed by atoms with Crippen molar-refractivity contribution in [2.45, 2.75) is 19.7 Å². The van der Waals surface area contributed by atoms with E-state index in [-0.39, 0.29) is 0 Å². The van der Waals surface area contributed by atoms with Crippen LogP contribution in [-0.4, -0.2) is 7.05 Å². The molecule has 2 aromatic carbocycles. The molecule has 0 N–H and O–H groups in total. The van der Waals surface area contributed by atoms with Crippen LogP contribution in [-0.2, 0) is 5.88 Å². The lowest BCUT2D eigenvalue weighted by atomic mass is 10.1. The van der Waals surface area contributed by atoms with Gasteiger partial charge in [-0.05, 0) is 43.2 Å². The quantitative estimate of drug-likeness (QED) is 0.765. The zero-order valence-electron chi connectivity index (χ0n) is 11.9. The molecule has 2 nitrogen and oxygen atoms in total. The van der Waals surface area contributed by atoms with Gasteiger partial charge in [-0.3, -0.25) is 0 Å². The molecule has 0 unspecified atom stereocenters. The SMILES string of the molecule is Cc1ccc(N(C)c2ccc(CCl)cc2C#N)c(C)c1. The van der Waals surface area contributed by atoms with Crippen LogP contribution in [0.25, 0.3) is 0 Å². The molecule has 0 radical (unpaired) electrons. The van der Waals surface area contributed by atoms with E-state index in [1.807, 2.05) is 30.1 Å². The number of halogens is 1. The fraction of sp³-hybridized carbons (Fsp3) is 0.235. The molecule has 0 heterocycles. The maximum Gasteiger partial charge on any atom is 0.101 e. The lowest BCUT2D eigenvalue weighted by molar-refractivity contribution is 1.17. The van der Waals surface area contributed by atoms with Crippen molar-refractivity contribution in [2.24, 2.45) is 0 Å². The Hall–Kier alpha value is -1.98. The number of hydrogen-bond acceptors (Lipinski definition) is 2. The average Bonchev–Trinajstić information content (AvgIpc) is 2.46. The first kappa shape index (κ1) is 14.4. The molecular formula is C17H17ClN2. The van der Waals surface area contributed by atoms with E-state index >= 15 is 0 Å². The van der Waals surface area contributed by atoms with Crippen molar-refractivity contribution >= 4 is 23.0 Å². The Balaban J connectivity index is 2.48. The molecule has 0 spiro atoms. The highest BCUT2D eigenvalue weighted by Gasteiger charge is 2.12. The van der Waals surface area contributed by atoms with E-state index in [0.29, 0.717) is 11.4 Å². The zero-order chi connectivity index (χ0) is 14.7. The summed E-state index contributed by atoms with van der Waals surface area (Å²) < 4.78 is 0. The molecule has 0 atom stereocenters. The van der Waals surface area contributed by atoms with Crippen LogP contribution in [0.3, 0.4) is 0 Å². The molecule has 3 heteroatoms. The van der Waals surface area contributed by atoms with Crippen molar-refractivity contribution in [2.75, 3.05) is 11.9 Å². The fourth-order valence-electron chi connectivity index (χ4n) is 2.36. The van der Waals surface area contributed by atoms with E-state index in [0.717, 1.165) is 16.9 Å². The molecule has 0 saturated carbocycles. The number of hydrogen-bond donors (Lipinski definition) is 0. The second-order valence-corrected chi connectivity index (χ2v) is 5.21. The average molecular weight is 285 g/mol. The number of nitrogens with zero attached hydrogens (tertiary/aromatic N) is 2. The van der Waals surface area contributed by atoms with E-state index < -0.39 is 0 Å². The third-order valence-electron chi connectivity index (χ3n) is 3.41. The van der Waals surface area contributed by atoms with Gasteiger partial charge in [-0.25, -0.2) is 0 Å². The van der Waals surface area contributed by atoms with Crippen molar-refractivity contribution in [1.29, 1.82) is 5.26 Å². The van der Waals surface area contributed by atoms with Gasteiger partial charge in [0.15, 0.2) is 0 Å². The molecule has 0 amide bonds. The van der Waals surface area contributed by atoms with Crippen molar-refractivity contribution in [1.82, 2.24) is 0 Å². The molecule has 102 valence electrons. The zero-order valence-corrected chi connectivity index (χ0v) is 12.7. The minimum Gasteiger partial charge on any atom is -0.343 e. The number of aryl methyl sites for hydroxylation is 2. The summed E-state index contributed by atoms with van der Waals surface area (Å²) in [7, 11) is 1.98. The lowest BCUT2D eigenvalue weighted by Crippen LogP contribution is -2.12. The van der Waals surface area contributed by atoms with Crippen LogP contribution >= 0.6 is 11.6 Å². The number of alkyl halides is 1. The van der Waals surface area contributed by atoms with Gasteiger partial charge < -0.3 is 4.90 Å². The predicted octanol–water partition coefficient (Wildman–Crippen LogP) is 4.68. The number of rotatable bonds is 3. The minimum absolute atomic E-state index is 0.419.